The summed E-state index contributed by atoms with van der Waals surface area (Å²) in [4.78, 5) is 9.86. The first kappa shape index (κ1) is 6.66. The summed E-state index contributed by atoms with van der Waals surface area (Å²) in [5.41, 5.74) is 0. The van der Waals surface area contributed by atoms with Gasteiger partial charge in [-0.25, -0.2) is 0 Å². The summed E-state index contributed by atoms with van der Waals surface area (Å²) in [5, 5.41) is 0. The molecule has 0 saturated heterocycles. The van der Waals surface area contributed by atoms with E-state index in [1.165, 1.54) is 22.7 Å². The van der Waals surface area contributed by atoms with Gasteiger partial charge in [-0.2, -0.15) is 0 Å². The number of hydrogen-bond donors (Lipinski definition) is 0. The zero-order valence-electron chi connectivity index (χ0n) is 4.53. The third-order valence-electron chi connectivity index (χ3n) is 0.937. The van der Waals surface area contributed by atoms with E-state index in [1.54, 1.807) is 0 Å². The first-order valence-corrected chi connectivity index (χ1v) is 4.82. The maximum Gasteiger partial charge on any atom is 0.0396 e. The molecular weight excluding hydrogens is 204 g/mol. The van der Waals surface area contributed by atoms with E-state index in [0.29, 0.717) is 8.68 Å². The fourth-order valence-electron chi connectivity index (χ4n) is 0.605. The molecule has 6 heteroatoms. The van der Waals surface area contributed by atoms with Crippen molar-refractivity contribution in [3.63, 3.8) is 0 Å². The van der Waals surface area contributed by atoms with Crippen LogP contribution in [0.25, 0.3) is 9.66 Å². The minimum Gasteiger partial charge on any atom is -0.408 e. The average Bonchev–Trinajstić information content (AvgIpc) is 2.21. The van der Waals surface area contributed by atoms with E-state index in [9.17, 15) is 0 Å². The van der Waals surface area contributed by atoms with Gasteiger partial charge in [0.25, 0.3) is 0 Å². The average molecular weight is 204 g/mol. The molecule has 0 unspecified atom stereocenters. The van der Waals surface area contributed by atoms with Crippen LogP contribution in [0.5, 0.6) is 0 Å². The number of thiazole rings is 2. The summed E-state index contributed by atoms with van der Waals surface area (Å²) in [5.74, 6) is 0. The molecule has 2 aromatic heterocycles. The van der Waals surface area contributed by atoms with Crippen LogP contribution in [0, 0.1) is 0 Å². The van der Waals surface area contributed by atoms with E-state index >= 15 is 0 Å². The van der Waals surface area contributed by atoms with Gasteiger partial charge < -0.3 is 47.9 Å². The molecular formula is C4N2S4-2. The van der Waals surface area contributed by atoms with Gasteiger partial charge in [-0.15, -0.1) is 0 Å². The predicted molar refractivity (Wildman–Crippen MR) is 46.6 cm³/mol. The SMILES string of the molecule is [S-]c1nc2sc([S-])nc2s1. The Balaban J connectivity index is 2.83. The zero-order valence-corrected chi connectivity index (χ0v) is 7.79. The fraction of sp³-hybridized carbons (Fsp3) is 0. The lowest BCUT2D eigenvalue weighted by atomic mass is 10.9. The number of rotatable bonds is 0. The van der Waals surface area contributed by atoms with E-state index in [1.807, 2.05) is 0 Å². The molecule has 0 aliphatic heterocycles. The Morgan fingerprint density at radius 1 is 0.900 bits per heavy atom. The maximum atomic E-state index is 4.85. The summed E-state index contributed by atoms with van der Waals surface area (Å²) < 4.78 is 1.28. The number of fused-ring (bicyclic) bond motifs is 1. The molecule has 2 heterocycles. The van der Waals surface area contributed by atoms with Crippen LogP contribution in [0.2, 0.25) is 0 Å². The molecule has 0 fully saturated rings. The smallest absolute Gasteiger partial charge is 0.0396 e. The molecule has 0 spiro atoms. The molecule has 0 aliphatic carbocycles. The van der Waals surface area contributed by atoms with Crippen LogP contribution in [0.4, 0.5) is 0 Å². The van der Waals surface area contributed by atoms with Crippen molar-refractivity contribution in [3.05, 3.63) is 0 Å². The highest BCUT2D eigenvalue weighted by Gasteiger charge is 1.89. The predicted octanol–water partition coefficient (Wildman–Crippen LogP) is 1.56. The second-order valence-corrected chi connectivity index (χ2v) is 4.82. The third kappa shape index (κ3) is 0.968. The summed E-state index contributed by atoms with van der Waals surface area (Å²) in [6.07, 6.45) is 0. The topological polar surface area (TPSA) is 25.8 Å². The van der Waals surface area contributed by atoms with Crippen LogP contribution in [0.3, 0.4) is 0 Å². The van der Waals surface area contributed by atoms with Gasteiger partial charge in [-0.3, -0.25) is 9.97 Å². The van der Waals surface area contributed by atoms with E-state index in [-0.39, 0.29) is 0 Å². The molecule has 0 amide bonds. The lowest BCUT2D eigenvalue weighted by molar-refractivity contribution is 1.32. The molecule has 2 aromatic rings. The Hall–Kier alpha value is -0.0400. The van der Waals surface area contributed by atoms with Crippen molar-refractivity contribution in [1.82, 2.24) is 9.97 Å². The molecule has 2 rings (SSSR count). The molecule has 0 atom stereocenters. The van der Waals surface area contributed by atoms with Gasteiger partial charge in [-0.1, -0.05) is 0 Å². The standard InChI is InChI=1S/C4H2N2S4/c7-3-5-1-2(10-3)6-4(8)9-1/h(H,5,7)(H,6,8)/p-2. The van der Waals surface area contributed by atoms with Gasteiger partial charge in [-0.05, 0) is 8.68 Å². The van der Waals surface area contributed by atoms with Gasteiger partial charge in [0, 0.05) is 9.66 Å². The van der Waals surface area contributed by atoms with E-state index in [0.717, 1.165) is 9.66 Å². The number of aromatic nitrogens is 2. The van der Waals surface area contributed by atoms with E-state index in [4.69, 9.17) is 25.3 Å². The second-order valence-electron chi connectivity index (χ2n) is 1.57. The summed E-state index contributed by atoms with van der Waals surface area (Å²) >= 11 is 12.5. The van der Waals surface area contributed by atoms with Crippen LogP contribution in [-0.2, 0) is 25.3 Å². The van der Waals surface area contributed by atoms with Crippen molar-refractivity contribution in [3.8, 4) is 0 Å². The maximum absolute atomic E-state index is 4.85. The van der Waals surface area contributed by atoms with Crippen molar-refractivity contribution in [1.29, 1.82) is 0 Å². The molecule has 0 aliphatic rings. The molecule has 52 valence electrons. The second kappa shape index (κ2) is 2.23. The minimum atomic E-state index is 0.642. The van der Waals surface area contributed by atoms with Crippen LogP contribution >= 0.6 is 22.7 Å². The van der Waals surface area contributed by atoms with Crippen LogP contribution in [0.1, 0.15) is 0 Å². The molecule has 0 aromatic carbocycles. The largest absolute Gasteiger partial charge is 0.408 e. The Bertz CT molecular complexity index is 299. The minimum absolute atomic E-state index is 0.642. The Morgan fingerprint density at radius 2 is 1.30 bits per heavy atom. The molecule has 0 saturated carbocycles. The van der Waals surface area contributed by atoms with Gasteiger partial charge in [0.05, 0.1) is 0 Å². The highest BCUT2D eigenvalue weighted by atomic mass is 32.2. The number of hydrogen-bond acceptors (Lipinski definition) is 6. The van der Waals surface area contributed by atoms with Crippen LogP contribution in [0.15, 0.2) is 8.68 Å². The fourth-order valence-corrected chi connectivity index (χ4v) is 2.89. The van der Waals surface area contributed by atoms with Gasteiger partial charge in [0.2, 0.25) is 0 Å². The van der Waals surface area contributed by atoms with E-state index in [2.05, 4.69) is 9.97 Å². The number of nitrogens with zero attached hydrogens (tertiary/aromatic N) is 2. The Kier molecular flexibility index (Phi) is 1.48. The normalized spacial score (nSPS) is 10.8. The molecule has 2 nitrogen and oxygen atoms in total. The Labute approximate surface area is 76.1 Å². The lowest BCUT2D eigenvalue weighted by Gasteiger charge is -1.90. The van der Waals surface area contributed by atoms with Crippen molar-refractivity contribution in [2.75, 3.05) is 0 Å². The molecule has 0 bridgehead atoms. The monoisotopic (exact) mass is 204 g/mol. The summed E-state index contributed by atoms with van der Waals surface area (Å²) in [6, 6.07) is 0. The highest BCUT2D eigenvalue weighted by Crippen LogP contribution is 2.26. The lowest BCUT2D eigenvalue weighted by Crippen LogP contribution is -1.60. The van der Waals surface area contributed by atoms with Gasteiger partial charge in [0.1, 0.15) is 0 Å². The van der Waals surface area contributed by atoms with Crippen molar-refractivity contribution >= 4 is 57.6 Å². The summed E-state index contributed by atoms with van der Waals surface area (Å²) in [6.45, 7) is 0. The van der Waals surface area contributed by atoms with E-state index < -0.39 is 0 Å². The van der Waals surface area contributed by atoms with Crippen molar-refractivity contribution in [2.24, 2.45) is 0 Å². The molecule has 10 heavy (non-hydrogen) atoms. The Morgan fingerprint density at radius 3 is 1.70 bits per heavy atom. The summed E-state index contributed by atoms with van der Waals surface area (Å²) in [7, 11) is 0. The van der Waals surface area contributed by atoms with Crippen molar-refractivity contribution < 1.29 is 0 Å². The van der Waals surface area contributed by atoms with Gasteiger partial charge in [0.15, 0.2) is 0 Å². The third-order valence-corrected chi connectivity index (χ3v) is 3.24. The molecule has 0 N–H and O–H groups in total. The van der Waals surface area contributed by atoms with Crippen LogP contribution in [-0.4, -0.2) is 9.97 Å². The highest BCUT2D eigenvalue weighted by molar-refractivity contribution is 7.64. The zero-order chi connectivity index (χ0) is 7.14. The first-order chi connectivity index (χ1) is 4.75. The van der Waals surface area contributed by atoms with Gasteiger partial charge >= 0.3 is 0 Å². The quantitative estimate of drug-likeness (QED) is 0.608. The molecule has 0 radical (unpaired) electrons. The first-order valence-electron chi connectivity index (χ1n) is 2.37. The van der Waals surface area contributed by atoms with Crippen LogP contribution < -0.4 is 0 Å². The van der Waals surface area contributed by atoms with Crippen molar-refractivity contribution in [2.45, 2.75) is 8.68 Å².